The van der Waals surface area contributed by atoms with Gasteiger partial charge in [0.25, 0.3) is 17.1 Å². The Labute approximate surface area is 216 Å². The Balaban J connectivity index is 1.39. The number of morpholine rings is 1. The van der Waals surface area contributed by atoms with Crippen LogP contribution in [0.15, 0.2) is 52.3 Å². The number of hydrogen-bond donors (Lipinski definition) is 1. The van der Waals surface area contributed by atoms with Gasteiger partial charge in [0.1, 0.15) is 10.7 Å². The first-order chi connectivity index (χ1) is 17.2. The molecule has 2 aromatic carbocycles. The highest BCUT2D eigenvalue weighted by Crippen LogP contribution is 2.32. The quantitative estimate of drug-likeness (QED) is 0.524. The predicted octanol–water partition coefficient (Wildman–Crippen LogP) is 2.97. The van der Waals surface area contributed by atoms with Crippen LogP contribution in [0.3, 0.4) is 0 Å². The molecule has 4 rings (SSSR count). The van der Waals surface area contributed by atoms with Gasteiger partial charge in [-0.1, -0.05) is 23.7 Å². The number of ether oxygens (including phenoxy) is 1. The lowest BCUT2D eigenvalue weighted by molar-refractivity contribution is -0.122. The average Bonchev–Trinajstić information content (AvgIpc) is 3.13. The van der Waals surface area contributed by atoms with Gasteiger partial charge in [-0.15, -0.1) is 0 Å². The van der Waals surface area contributed by atoms with E-state index in [2.05, 4.69) is 5.32 Å². The van der Waals surface area contributed by atoms with Crippen LogP contribution in [0.4, 0.5) is 9.18 Å². The molecule has 0 aromatic heterocycles. The molecule has 0 saturated carbocycles. The minimum atomic E-state index is -4.15. The van der Waals surface area contributed by atoms with Crippen molar-refractivity contribution in [2.24, 2.45) is 0 Å². The predicted molar refractivity (Wildman–Crippen MR) is 132 cm³/mol. The Morgan fingerprint density at radius 3 is 2.53 bits per heavy atom. The smallest absolute Gasteiger partial charge is 0.293 e. The van der Waals surface area contributed by atoms with E-state index < -0.39 is 37.8 Å². The minimum absolute atomic E-state index is 0.0694. The number of rotatable bonds is 7. The summed E-state index contributed by atoms with van der Waals surface area (Å²) in [5, 5.41) is 2.60. The second-order valence-electron chi connectivity index (χ2n) is 7.80. The molecule has 0 bridgehead atoms. The van der Waals surface area contributed by atoms with Crippen molar-refractivity contribution in [3.63, 3.8) is 0 Å². The van der Waals surface area contributed by atoms with E-state index in [9.17, 15) is 27.2 Å². The second kappa shape index (κ2) is 11.1. The van der Waals surface area contributed by atoms with Gasteiger partial charge in [0.15, 0.2) is 0 Å². The number of thioether (sulfide) groups is 1. The highest BCUT2D eigenvalue weighted by Gasteiger charge is 2.35. The van der Waals surface area contributed by atoms with Crippen molar-refractivity contribution >= 4 is 56.5 Å². The van der Waals surface area contributed by atoms with Crippen LogP contribution in [0.5, 0.6) is 0 Å². The maximum absolute atomic E-state index is 14.4. The van der Waals surface area contributed by atoms with Crippen molar-refractivity contribution in [1.82, 2.24) is 14.5 Å². The highest BCUT2D eigenvalue weighted by atomic mass is 35.5. The van der Waals surface area contributed by atoms with E-state index in [1.807, 2.05) is 0 Å². The standard InChI is InChI=1S/C23H21ClFN3O6S2/c24-17-4-1-15(2-5-17)13-19-22(30)28(23(31)35-19)8-7-26-21(29)16-3-6-18(25)20(14-16)36(32,33)27-9-11-34-12-10-27/h1-6,13-14H,7-12H2,(H,26,29)/b19-13-. The molecule has 2 heterocycles. The van der Waals surface area contributed by atoms with Crippen molar-refractivity contribution in [1.29, 1.82) is 0 Å². The number of carbonyl (C=O) groups excluding carboxylic acids is 3. The molecule has 2 aliphatic heterocycles. The Morgan fingerprint density at radius 2 is 1.83 bits per heavy atom. The van der Waals surface area contributed by atoms with E-state index in [0.717, 1.165) is 39.2 Å². The minimum Gasteiger partial charge on any atom is -0.379 e. The first kappa shape index (κ1) is 26.3. The summed E-state index contributed by atoms with van der Waals surface area (Å²) in [5.41, 5.74) is 0.636. The lowest BCUT2D eigenvalue weighted by Gasteiger charge is -2.26. The third kappa shape index (κ3) is 5.79. The van der Waals surface area contributed by atoms with Crippen LogP contribution in [0.25, 0.3) is 6.08 Å². The number of benzene rings is 2. The lowest BCUT2D eigenvalue weighted by Crippen LogP contribution is -2.41. The number of nitrogens with zero attached hydrogens (tertiary/aromatic N) is 2. The fourth-order valence-electron chi connectivity index (χ4n) is 3.55. The molecule has 0 radical (unpaired) electrons. The van der Waals surface area contributed by atoms with E-state index in [0.29, 0.717) is 10.6 Å². The molecule has 3 amide bonds. The Hall–Kier alpha value is -2.77. The maximum Gasteiger partial charge on any atom is 0.293 e. The molecule has 2 aliphatic rings. The van der Waals surface area contributed by atoms with Gasteiger partial charge in [0, 0.05) is 36.8 Å². The SMILES string of the molecule is O=C(NCCN1C(=O)S/C(=C\c2ccc(Cl)cc2)C1=O)c1ccc(F)c(S(=O)(=O)N2CCOCC2)c1. The summed E-state index contributed by atoms with van der Waals surface area (Å²) in [6, 6.07) is 9.82. The van der Waals surface area contributed by atoms with Gasteiger partial charge in [-0.2, -0.15) is 4.31 Å². The lowest BCUT2D eigenvalue weighted by atomic mass is 10.2. The first-order valence-corrected chi connectivity index (χ1v) is 13.5. The molecular formula is C23H21ClFN3O6S2. The summed E-state index contributed by atoms with van der Waals surface area (Å²) in [6.45, 7) is 0.404. The normalized spacial score (nSPS) is 18.2. The molecule has 36 heavy (non-hydrogen) atoms. The van der Waals surface area contributed by atoms with Crippen LogP contribution < -0.4 is 5.32 Å². The number of sulfonamides is 1. The largest absolute Gasteiger partial charge is 0.379 e. The first-order valence-electron chi connectivity index (χ1n) is 10.8. The van der Waals surface area contributed by atoms with E-state index in [1.165, 1.54) is 0 Å². The van der Waals surface area contributed by atoms with Crippen LogP contribution in [0, 0.1) is 5.82 Å². The van der Waals surface area contributed by atoms with Crippen molar-refractivity contribution in [3.05, 3.63) is 69.3 Å². The van der Waals surface area contributed by atoms with E-state index in [4.69, 9.17) is 16.3 Å². The summed E-state index contributed by atoms with van der Waals surface area (Å²) >= 11 is 6.65. The van der Waals surface area contributed by atoms with Gasteiger partial charge in [0.2, 0.25) is 10.0 Å². The topological polar surface area (TPSA) is 113 Å². The molecule has 0 spiro atoms. The van der Waals surface area contributed by atoms with Crippen LogP contribution in [0.1, 0.15) is 15.9 Å². The fraction of sp³-hybridized carbons (Fsp3) is 0.261. The zero-order valence-electron chi connectivity index (χ0n) is 18.8. The summed E-state index contributed by atoms with van der Waals surface area (Å²) < 4.78 is 46.3. The average molecular weight is 554 g/mol. The molecule has 1 N–H and O–H groups in total. The second-order valence-corrected chi connectivity index (χ2v) is 11.1. The van der Waals surface area contributed by atoms with E-state index in [-0.39, 0.29) is 49.9 Å². The summed E-state index contributed by atoms with van der Waals surface area (Å²) in [4.78, 5) is 38.2. The van der Waals surface area contributed by atoms with Crippen LogP contribution in [0.2, 0.25) is 5.02 Å². The third-order valence-corrected chi connectivity index (χ3v) is 8.52. The molecule has 2 aromatic rings. The fourth-order valence-corrected chi connectivity index (χ4v) is 6.04. The molecule has 0 atom stereocenters. The summed E-state index contributed by atoms with van der Waals surface area (Å²) in [7, 11) is -4.15. The molecule has 13 heteroatoms. The third-order valence-electron chi connectivity index (χ3n) is 5.44. The van der Waals surface area contributed by atoms with Crippen LogP contribution >= 0.6 is 23.4 Å². The molecule has 9 nitrogen and oxygen atoms in total. The number of carbonyl (C=O) groups is 3. The number of imide groups is 1. The van der Waals surface area contributed by atoms with Crippen molar-refractivity contribution in [3.8, 4) is 0 Å². The van der Waals surface area contributed by atoms with Gasteiger partial charge in [-0.05, 0) is 53.7 Å². The molecule has 190 valence electrons. The number of amides is 3. The zero-order chi connectivity index (χ0) is 25.9. The van der Waals surface area contributed by atoms with Gasteiger partial charge in [0.05, 0.1) is 18.1 Å². The summed E-state index contributed by atoms with van der Waals surface area (Å²) in [6.07, 6.45) is 1.58. The van der Waals surface area contributed by atoms with Crippen molar-refractivity contribution < 1.29 is 31.9 Å². The molecule has 2 fully saturated rings. The Bertz CT molecular complexity index is 1330. The zero-order valence-corrected chi connectivity index (χ0v) is 21.2. The van der Waals surface area contributed by atoms with Crippen LogP contribution in [-0.4, -0.2) is 74.1 Å². The van der Waals surface area contributed by atoms with E-state index in [1.54, 1.807) is 30.3 Å². The van der Waals surface area contributed by atoms with E-state index >= 15 is 0 Å². The number of hydrogen-bond acceptors (Lipinski definition) is 7. The maximum atomic E-state index is 14.4. The molecule has 0 aliphatic carbocycles. The molecule has 0 unspecified atom stereocenters. The van der Waals surface area contributed by atoms with Gasteiger partial charge in [-0.25, -0.2) is 12.8 Å². The highest BCUT2D eigenvalue weighted by molar-refractivity contribution is 8.18. The Morgan fingerprint density at radius 1 is 1.14 bits per heavy atom. The number of halogens is 2. The molecular weight excluding hydrogens is 533 g/mol. The van der Waals surface area contributed by atoms with Gasteiger partial charge < -0.3 is 10.1 Å². The van der Waals surface area contributed by atoms with Gasteiger partial charge >= 0.3 is 0 Å². The van der Waals surface area contributed by atoms with Crippen LogP contribution in [-0.2, 0) is 19.6 Å². The number of nitrogens with one attached hydrogen (secondary N) is 1. The monoisotopic (exact) mass is 553 g/mol. The molecule has 2 saturated heterocycles. The summed E-state index contributed by atoms with van der Waals surface area (Å²) in [5.74, 6) is -2.13. The van der Waals surface area contributed by atoms with Crippen molar-refractivity contribution in [2.45, 2.75) is 4.90 Å². The van der Waals surface area contributed by atoms with Crippen molar-refractivity contribution in [2.75, 3.05) is 39.4 Å². The Kier molecular flexibility index (Phi) is 8.10. The van der Waals surface area contributed by atoms with Gasteiger partial charge in [-0.3, -0.25) is 19.3 Å².